The minimum Gasteiger partial charge on any atom is -0.424 e. The van der Waals surface area contributed by atoms with Crippen molar-refractivity contribution in [1.82, 2.24) is 10.2 Å². The number of fused-ring (bicyclic) bond motifs is 1. The number of aryl methyl sites for hydroxylation is 1. The first-order valence-corrected chi connectivity index (χ1v) is 6.30. The molecule has 1 aliphatic heterocycles. The van der Waals surface area contributed by atoms with Crippen LogP contribution in [0.1, 0.15) is 22.1 Å². The summed E-state index contributed by atoms with van der Waals surface area (Å²) in [5.74, 6) is -0.380. The van der Waals surface area contributed by atoms with Crippen LogP contribution >= 0.6 is 15.9 Å². The summed E-state index contributed by atoms with van der Waals surface area (Å²) in [5.41, 5.74) is 0.949. The zero-order chi connectivity index (χ0) is 13.6. The lowest BCUT2D eigenvalue weighted by molar-refractivity contribution is -0.114. The van der Waals surface area contributed by atoms with Gasteiger partial charge in [0, 0.05) is 11.4 Å². The fourth-order valence-electron chi connectivity index (χ4n) is 1.97. The first kappa shape index (κ1) is 12.0. The van der Waals surface area contributed by atoms with Crippen molar-refractivity contribution < 1.29 is 14.0 Å². The Morgan fingerprint density at radius 1 is 1.32 bits per heavy atom. The summed E-state index contributed by atoms with van der Waals surface area (Å²) in [5, 5.41) is 7.52. The lowest BCUT2D eigenvalue weighted by atomic mass is 10.1. The molecule has 2 aromatic rings. The number of amides is 1. The number of anilines is 1. The average Bonchev–Trinajstić information content (AvgIpc) is 2.88. The third-order valence-electron chi connectivity index (χ3n) is 2.79. The molecule has 0 N–H and O–H groups in total. The number of halogens is 1. The molecule has 19 heavy (non-hydrogen) atoms. The molecule has 0 saturated carbocycles. The van der Waals surface area contributed by atoms with Crippen molar-refractivity contribution in [2.24, 2.45) is 0 Å². The van der Waals surface area contributed by atoms with Gasteiger partial charge in [0.1, 0.15) is 6.54 Å². The smallest absolute Gasteiger partial charge is 0.299 e. The fraction of sp³-hybridized carbons (Fsp3) is 0.167. The maximum absolute atomic E-state index is 12.0. The second-order valence-corrected chi connectivity index (χ2v) is 5.01. The van der Waals surface area contributed by atoms with Crippen LogP contribution in [0.15, 0.2) is 27.1 Å². The van der Waals surface area contributed by atoms with Crippen molar-refractivity contribution in [3.8, 4) is 0 Å². The summed E-state index contributed by atoms with van der Waals surface area (Å²) in [6.45, 7) is 1.76. The summed E-state index contributed by atoms with van der Waals surface area (Å²) in [7, 11) is 0. The number of hydrogen-bond acceptors (Lipinski definition) is 5. The highest BCUT2D eigenvalue weighted by Crippen LogP contribution is 2.32. The van der Waals surface area contributed by atoms with Gasteiger partial charge >= 0.3 is 0 Å². The van der Waals surface area contributed by atoms with Crippen molar-refractivity contribution in [3.05, 3.63) is 40.0 Å². The number of Topliss-reactive ketones (excluding diaryl/α,β-unsaturated/α-hetero) is 1. The molecular formula is C12H8BrN3O3. The van der Waals surface area contributed by atoms with Crippen molar-refractivity contribution in [2.45, 2.75) is 13.5 Å². The number of ketones is 1. The van der Waals surface area contributed by atoms with Crippen LogP contribution in [0.4, 0.5) is 5.69 Å². The lowest BCUT2D eigenvalue weighted by Crippen LogP contribution is -2.29. The largest absolute Gasteiger partial charge is 0.424 e. The molecule has 3 rings (SSSR count). The highest BCUT2D eigenvalue weighted by molar-refractivity contribution is 9.10. The van der Waals surface area contributed by atoms with Crippen LogP contribution in [0.2, 0.25) is 0 Å². The van der Waals surface area contributed by atoms with E-state index in [-0.39, 0.29) is 6.54 Å². The maximum atomic E-state index is 12.0. The molecule has 0 aliphatic carbocycles. The quantitative estimate of drug-likeness (QED) is 0.789. The van der Waals surface area contributed by atoms with E-state index in [1.54, 1.807) is 25.1 Å². The summed E-state index contributed by atoms with van der Waals surface area (Å²) < 4.78 is 5.98. The van der Waals surface area contributed by atoms with Crippen molar-refractivity contribution in [3.63, 3.8) is 0 Å². The molecule has 6 nitrogen and oxygen atoms in total. The topological polar surface area (TPSA) is 76.3 Å². The van der Waals surface area contributed by atoms with E-state index in [0.29, 0.717) is 23.0 Å². The minimum absolute atomic E-state index is 0.0973. The van der Waals surface area contributed by atoms with E-state index in [4.69, 9.17) is 4.42 Å². The number of carbonyl (C=O) groups is 2. The van der Waals surface area contributed by atoms with Gasteiger partial charge in [0.25, 0.3) is 11.7 Å². The summed E-state index contributed by atoms with van der Waals surface area (Å²) in [4.78, 5) is 25.2. The van der Waals surface area contributed by atoms with Gasteiger partial charge in [-0.05, 0) is 18.2 Å². The van der Waals surface area contributed by atoms with Gasteiger partial charge < -0.3 is 4.42 Å². The van der Waals surface area contributed by atoms with Crippen molar-refractivity contribution in [2.75, 3.05) is 4.90 Å². The Morgan fingerprint density at radius 2 is 2.11 bits per heavy atom. The fourth-order valence-corrected chi connectivity index (χ4v) is 2.33. The highest BCUT2D eigenvalue weighted by atomic mass is 79.9. The normalized spacial score (nSPS) is 14.1. The van der Waals surface area contributed by atoms with Gasteiger partial charge in [-0.1, -0.05) is 15.9 Å². The van der Waals surface area contributed by atoms with Crippen LogP contribution < -0.4 is 4.90 Å². The molecular weight excluding hydrogens is 314 g/mol. The van der Waals surface area contributed by atoms with Crippen LogP contribution in [0.3, 0.4) is 0 Å². The zero-order valence-corrected chi connectivity index (χ0v) is 11.5. The summed E-state index contributed by atoms with van der Waals surface area (Å²) >= 11 is 3.28. The second kappa shape index (κ2) is 4.27. The van der Waals surface area contributed by atoms with E-state index in [0.717, 1.165) is 4.47 Å². The molecule has 0 spiro atoms. The van der Waals surface area contributed by atoms with Gasteiger partial charge in [-0.15, -0.1) is 10.2 Å². The Kier molecular flexibility index (Phi) is 2.70. The third-order valence-corrected chi connectivity index (χ3v) is 3.29. The van der Waals surface area contributed by atoms with E-state index < -0.39 is 11.7 Å². The first-order valence-electron chi connectivity index (χ1n) is 5.51. The molecule has 0 saturated heterocycles. The number of aromatic nitrogens is 2. The number of benzene rings is 1. The molecule has 0 atom stereocenters. The second-order valence-electron chi connectivity index (χ2n) is 4.10. The van der Waals surface area contributed by atoms with Gasteiger partial charge in [-0.3, -0.25) is 14.5 Å². The lowest BCUT2D eigenvalue weighted by Gasteiger charge is -2.13. The SMILES string of the molecule is Cc1nnc(CN2C(=O)C(=O)c3cc(Br)ccc32)o1. The van der Waals surface area contributed by atoms with Gasteiger partial charge in [-0.2, -0.15) is 0 Å². The van der Waals surface area contributed by atoms with E-state index in [1.807, 2.05) is 0 Å². The van der Waals surface area contributed by atoms with E-state index >= 15 is 0 Å². The molecule has 0 unspecified atom stereocenters. The molecule has 7 heteroatoms. The van der Waals surface area contributed by atoms with Crippen LogP contribution in [-0.2, 0) is 11.3 Å². The molecule has 1 aliphatic rings. The van der Waals surface area contributed by atoms with Crippen molar-refractivity contribution in [1.29, 1.82) is 0 Å². The predicted octanol–water partition coefficient (Wildman–Crippen LogP) is 1.87. The highest BCUT2D eigenvalue weighted by Gasteiger charge is 2.36. The molecule has 0 radical (unpaired) electrons. The number of rotatable bonds is 2. The molecule has 0 bridgehead atoms. The molecule has 1 aromatic carbocycles. The summed E-state index contributed by atoms with van der Waals surface area (Å²) in [6.07, 6.45) is 0. The van der Waals surface area contributed by atoms with Gasteiger partial charge in [0.2, 0.25) is 11.8 Å². The molecule has 96 valence electrons. The van der Waals surface area contributed by atoms with Gasteiger partial charge in [0.15, 0.2) is 0 Å². The molecule has 2 heterocycles. The first-order chi connectivity index (χ1) is 9.06. The van der Waals surface area contributed by atoms with Crippen molar-refractivity contribution >= 4 is 33.3 Å². The molecule has 0 fully saturated rings. The van der Waals surface area contributed by atoms with Crippen LogP contribution in [0.5, 0.6) is 0 Å². The molecule has 1 amide bonds. The maximum Gasteiger partial charge on any atom is 0.299 e. The van der Waals surface area contributed by atoms with E-state index in [2.05, 4.69) is 26.1 Å². The third kappa shape index (κ3) is 1.95. The number of nitrogens with zero attached hydrogens (tertiary/aromatic N) is 3. The van der Waals surface area contributed by atoms with Gasteiger partial charge in [0.05, 0.1) is 11.3 Å². The van der Waals surface area contributed by atoms with Crippen LogP contribution in [0.25, 0.3) is 0 Å². The van der Waals surface area contributed by atoms with Crippen LogP contribution in [-0.4, -0.2) is 21.9 Å². The zero-order valence-electron chi connectivity index (χ0n) is 9.88. The Bertz CT molecular complexity index is 695. The Balaban J connectivity index is 1.99. The summed E-state index contributed by atoms with van der Waals surface area (Å²) in [6, 6.07) is 5.12. The Labute approximate surface area is 116 Å². The monoisotopic (exact) mass is 321 g/mol. The number of carbonyl (C=O) groups excluding carboxylic acids is 2. The minimum atomic E-state index is -0.580. The van der Waals surface area contributed by atoms with Gasteiger partial charge in [-0.25, -0.2) is 0 Å². The van der Waals surface area contributed by atoms with Crippen LogP contribution in [0, 0.1) is 6.92 Å². The Hall–Kier alpha value is -2.02. The van der Waals surface area contributed by atoms with E-state index in [9.17, 15) is 9.59 Å². The number of hydrogen-bond donors (Lipinski definition) is 0. The Morgan fingerprint density at radius 3 is 2.79 bits per heavy atom. The molecule has 1 aromatic heterocycles. The predicted molar refractivity (Wildman–Crippen MR) is 68.7 cm³/mol. The standard InChI is InChI=1S/C12H8BrN3O3/c1-6-14-15-10(19-6)5-16-9-3-2-7(13)4-8(9)11(17)12(16)18/h2-4H,5H2,1H3. The average molecular weight is 322 g/mol. The van der Waals surface area contributed by atoms with E-state index in [1.165, 1.54) is 4.90 Å².